The summed E-state index contributed by atoms with van der Waals surface area (Å²) in [7, 11) is 0. The highest BCUT2D eigenvalue weighted by atomic mass is 16.5. The zero-order chi connectivity index (χ0) is 15.3. The highest BCUT2D eigenvalue weighted by Gasteiger charge is 2.26. The molecule has 0 amide bonds. The molecule has 1 aliphatic carbocycles. The maximum Gasteiger partial charge on any atom is 0.193 e. The van der Waals surface area contributed by atoms with Crippen LogP contribution in [0.25, 0.3) is 0 Å². The molecule has 2 aliphatic rings. The van der Waals surface area contributed by atoms with E-state index in [1.165, 1.54) is 19.3 Å². The second-order valence-corrected chi connectivity index (χ2v) is 7.41. The monoisotopic (exact) mass is 295 g/mol. The molecule has 122 valence electrons. The summed E-state index contributed by atoms with van der Waals surface area (Å²) in [6.07, 6.45) is 6.73. The topological polar surface area (TPSA) is 36.9 Å². The molecular weight excluding hydrogens is 262 g/mol. The van der Waals surface area contributed by atoms with E-state index in [-0.39, 0.29) is 5.60 Å². The highest BCUT2D eigenvalue weighted by molar-refractivity contribution is 5.80. The van der Waals surface area contributed by atoms with Crippen molar-refractivity contribution in [1.82, 2.24) is 10.2 Å². The average molecular weight is 295 g/mol. The fourth-order valence-corrected chi connectivity index (χ4v) is 3.00. The van der Waals surface area contributed by atoms with Gasteiger partial charge in [-0.15, -0.1) is 0 Å². The minimum Gasteiger partial charge on any atom is -0.372 e. The smallest absolute Gasteiger partial charge is 0.193 e. The van der Waals surface area contributed by atoms with E-state index in [9.17, 15) is 0 Å². The highest BCUT2D eigenvalue weighted by Crippen LogP contribution is 2.26. The molecule has 0 aromatic rings. The van der Waals surface area contributed by atoms with Crippen molar-refractivity contribution in [3.05, 3.63) is 0 Å². The number of piperidine rings is 1. The van der Waals surface area contributed by atoms with Crippen LogP contribution >= 0.6 is 0 Å². The number of nitrogens with zero attached hydrogens (tertiary/aromatic N) is 2. The van der Waals surface area contributed by atoms with Gasteiger partial charge in [-0.05, 0) is 59.3 Å². The first-order valence-corrected chi connectivity index (χ1v) is 8.69. The van der Waals surface area contributed by atoms with E-state index in [4.69, 9.17) is 9.73 Å². The van der Waals surface area contributed by atoms with Gasteiger partial charge in [0.05, 0.1) is 11.7 Å². The lowest BCUT2D eigenvalue weighted by molar-refractivity contribution is -0.0772. The van der Waals surface area contributed by atoms with Gasteiger partial charge >= 0.3 is 0 Å². The van der Waals surface area contributed by atoms with Gasteiger partial charge in [0.2, 0.25) is 0 Å². The third-order valence-corrected chi connectivity index (χ3v) is 4.32. The van der Waals surface area contributed by atoms with Crippen LogP contribution in [-0.4, -0.2) is 48.7 Å². The fraction of sp³-hybridized carbons (Fsp3) is 0.941. The molecule has 4 nitrogen and oxygen atoms in total. The predicted octanol–water partition coefficient (Wildman–Crippen LogP) is 3.03. The molecule has 0 spiro atoms. The predicted molar refractivity (Wildman–Crippen MR) is 88.8 cm³/mol. The van der Waals surface area contributed by atoms with Crippen LogP contribution in [0.4, 0.5) is 0 Å². The molecule has 0 radical (unpaired) electrons. The first kappa shape index (κ1) is 16.6. The second-order valence-electron chi connectivity index (χ2n) is 7.41. The Labute approximate surface area is 130 Å². The summed E-state index contributed by atoms with van der Waals surface area (Å²) in [5, 5.41) is 3.45. The van der Waals surface area contributed by atoms with Gasteiger partial charge in [0.15, 0.2) is 5.96 Å². The third kappa shape index (κ3) is 5.50. The molecule has 1 saturated heterocycles. The van der Waals surface area contributed by atoms with Crippen molar-refractivity contribution < 1.29 is 4.74 Å². The average Bonchev–Trinajstić information content (AvgIpc) is 2.35. The van der Waals surface area contributed by atoms with E-state index < -0.39 is 0 Å². The minimum absolute atomic E-state index is 0.0321. The largest absolute Gasteiger partial charge is 0.372 e. The fourth-order valence-electron chi connectivity index (χ4n) is 3.00. The zero-order valence-electron chi connectivity index (χ0n) is 14.3. The Bertz CT molecular complexity index is 336. The molecule has 1 aliphatic heterocycles. The number of aliphatic imine (C=N–C) groups is 1. The summed E-state index contributed by atoms with van der Waals surface area (Å²) in [6, 6.07) is 0. The molecule has 0 unspecified atom stereocenters. The lowest BCUT2D eigenvalue weighted by atomic mass is 9.86. The van der Waals surface area contributed by atoms with Gasteiger partial charge in [-0.1, -0.05) is 6.42 Å². The Kier molecular flexibility index (Phi) is 5.91. The van der Waals surface area contributed by atoms with Gasteiger partial charge in [0.25, 0.3) is 0 Å². The number of hydrogen-bond donors (Lipinski definition) is 1. The van der Waals surface area contributed by atoms with Gasteiger partial charge < -0.3 is 15.0 Å². The normalized spacial score (nSPS) is 22.3. The van der Waals surface area contributed by atoms with Crippen LogP contribution in [0.1, 0.15) is 59.8 Å². The molecule has 1 saturated carbocycles. The third-order valence-electron chi connectivity index (χ3n) is 4.32. The molecule has 1 N–H and O–H groups in total. The maximum atomic E-state index is 6.10. The number of guanidine groups is 1. The lowest BCUT2D eigenvalue weighted by Crippen LogP contribution is -2.48. The summed E-state index contributed by atoms with van der Waals surface area (Å²) >= 11 is 0. The van der Waals surface area contributed by atoms with Crippen LogP contribution in [-0.2, 0) is 4.74 Å². The molecule has 0 aromatic carbocycles. The molecule has 2 rings (SSSR count). The zero-order valence-corrected chi connectivity index (χ0v) is 14.3. The SMILES string of the molecule is CCNC(=NCC1CCC1)N1CCC(OC(C)(C)C)CC1. The Morgan fingerprint density at radius 2 is 1.86 bits per heavy atom. The Morgan fingerprint density at radius 3 is 2.33 bits per heavy atom. The van der Waals surface area contributed by atoms with Crippen molar-refractivity contribution >= 4 is 5.96 Å². The van der Waals surface area contributed by atoms with E-state index in [0.717, 1.165) is 50.9 Å². The van der Waals surface area contributed by atoms with Crippen molar-refractivity contribution in [1.29, 1.82) is 0 Å². The lowest BCUT2D eigenvalue weighted by Gasteiger charge is -2.37. The van der Waals surface area contributed by atoms with E-state index in [1.807, 2.05) is 0 Å². The van der Waals surface area contributed by atoms with Gasteiger partial charge in [0.1, 0.15) is 0 Å². The molecule has 0 bridgehead atoms. The first-order valence-electron chi connectivity index (χ1n) is 8.69. The number of likely N-dealkylation sites (tertiary alicyclic amines) is 1. The first-order chi connectivity index (χ1) is 9.98. The summed E-state index contributed by atoms with van der Waals surface area (Å²) in [6.45, 7) is 12.6. The van der Waals surface area contributed by atoms with Crippen molar-refractivity contribution in [2.75, 3.05) is 26.2 Å². The van der Waals surface area contributed by atoms with Crippen molar-refractivity contribution in [2.45, 2.75) is 71.5 Å². The number of hydrogen-bond acceptors (Lipinski definition) is 2. The minimum atomic E-state index is -0.0321. The van der Waals surface area contributed by atoms with E-state index in [1.54, 1.807) is 0 Å². The molecule has 2 fully saturated rings. The van der Waals surface area contributed by atoms with Crippen molar-refractivity contribution in [3.8, 4) is 0 Å². The molecule has 1 heterocycles. The summed E-state index contributed by atoms with van der Waals surface area (Å²) in [5.74, 6) is 1.94. The standard InChI is InChI=1S/C17H33N3O/c1-5-18-16(19-13-14-7-6-8-14)20-11-9-15(10-12-20)21-17(2,3)4/h14-15H,5-13H2,1-4H3,(H,18,19). The summed E-state index contributed by atoms with van der Waals surface area (Å²) in [4.78, 5) is 7.26. The Morgan fingerprint density at radius 1 is 1.19 bits per heavy atom. The quantitative estimate of drug-likeness (QED) is 0.640. The molecule has 4 heteroatoms. The van der Waals surface area contributed by atoms with Gasteiger partial charge in [-0.3, -0.25) is 4.99 Å². The number of rotatable bonds is 4. The van der Waals surface area contributed by atoms with Crippen LogP contribution in [0, 0.1) is 5.92 Å². The van der Waals surface area contributed by atoms with Gasteiger partial charge in [0, 0.05) is 26.2 Å². The van der Waals surface area contributed by atoms with Crippen LogP contribution in [0.2, 0.25) is 0 Å². The van der Waals surface area contributed by atoms with Crippen LogP contribution in [0.5, 0.6) is 0 Å². The van der Waals surface area contributed by atoms with Gasteiger partial charge in [-0.2, -0.15) is 0 Å². The summed E-state index contributed by atoms with van der Waals surface area (Å²) < 4.78 is 6.10. The molecule has 21 heavy (non-hydrogen) atoms. The van der Waals surface area contributed by atoms with Crippen molar-refractivity contribution in [3.63, 3.8) is 0 Å². The molecule has 0 atom stereocenters. The maximum absolute atomic E-state index is 6.10. The Balaban J connectivity index is 1.82. The van der Waals surface area contributed by atoms with E-state index >= 15 is 0 Å². The van der Waals surface area contributed by atoms with Gasteiger partial charge in [-0.25, -0.2) is 0 Å². The summed E-state index contributed by atoms with van der Waals surface area (Å²) in [5.41, 5.74) is -0.0321. The van der Waals surface area contributed by atoms with E-state index in [0.29, 0.717) is 6.10 Å². The van der Waals surface area contributed by atoms with Crippen LogP contribution < -0.4 is 5.32 Å². The Hall–Kier alpha value is -0.770. The molecular formula is C17H33N3O. The molecule has 0 aromatic heterocycles. The van der Waals surface area contributed by atoms with Crippen LogP contribution in [0.15, 0.2) is 4.99 Å². The number of ether oxygens (including phenoxy) is 1. The number of nitrogens with one attached hydrogen (secondary N) is 1. The van der Waals surface area contributed by atoms with Crippen molar-refractivity contribution in [2.24, 2.45) is 10.9 Å². The second kappa shape index (κ2) is 7.48. The van der Waals surface area contributed by atoms with Crippen LogP contribution in [0.3, 0.4) is 0 Å². The van der Waals surface area contributed by atoms with E-state index in [2.05, 4.69) is 37.9 Å².